The summed E-state index contributed by atoms with van der Waals surface area (Å²) >= 11 is 0. The number of ketones is 1. The molecule has 1 aromatic heterocycles. The number of benzene rings is 1. The minimum atomic E-state index is -4.15. The molecule has 3 rings (SSSR count). The third-order valence-corrected chi connectivity index (χ3v) is 7.49. The second-order valence-corrected chi connectivity index (χ2v) is 12.3. The van der Waals surface area contributed by atoms with Crippen molar-refractivity contribution in [2.24, 2.45) is 0 Å². The standard InChI is InChI=1S/C26H29F3N4O5S/c1-6-39(36,37)32-23-19(33(14-26(23,28)29)24(35)38-25(3,4)5)12-16-8-7-9-18(20(16)27)22(34)21-15(2)10-11-17(13-30)31-21/h7-11,19,23,32H,6,12,14H2,1-5H3/t19-,23+/m0/s1. The zero-order valence-corrected chi connectivity index (χ0v) is 22.9. The van der Waals surface area contributed by atoms with E-state index in [1.807, 2.05) is 10.8 Å². The van der Waals surface area contributed by atoms with Gasteiger partial charge in [0.25, 0.3) is 5.92 Å². The molecule has 1 aromatic carbocycles. The molecule has 1 N–H and O–H groups in total. The fourth-order valence-electron chi connectivity index (χ4n) is 4.18. The molecule has 1 aliphatic heterocycles. The largest absolute Gasteiger partial charge is 0.444 e. The first-order valence-electron chi connectivity index (χ1n) is 12.1. The number of halogens is 3. The summed E-state index contributed by atoms with van der Waals surface area (Å²) in [4.78, 5) is 30.7. The lowest BCUT2D eigenvalue weighted by molar-refractivity contribution is -0.0122. The summed E-state index contributed by atoms with van der Waals surface area (Å²) in [6.45, 7) is 6.29. The Morgan fingerprint density at radius 2 is 1.92 bits per heavy atom. The van der Waals surface area contributed by atoms with Crippen molar-refractivity contribution < 1.29 is 35.9 Å². The van der Waals surface area contributed by atoms with Crippen molar-refractivity contribution >= 4 is 21.9 Å². The number of amides is 1. The Bertz CT molecular complexity index is 1430. The molecule has 39 heavy (non-hydrogen) atoms. The number of ether oxygens (including phenoxy) is 1. The molecule has 0 saturated carbocycles. The predicted octanol–water partition coefficient (Wildman–Crippen LogP) is 3.74. The molecule has 0 radical (unpaired) electrons. The lowest BCUT2D eigenvalue weighted by atomic mass is 9.95. The summed E-state index contributed by atoms with van der Waals surface area (Å²) in [6.07, 6.45) is -1.67. The van der Waals surface area contributed by atoms with Gasteiger partial charge in [0, 0.05) is 0 Å². The molecule has 0 unspecified atom stereocenters. The average Bonchev–Trinajstić information content (AvgIpc) is 3.08. The maximum Gasteiger partial charge on any atom is 0.410 e. The quantitative estimate of drug-likeness (QED) is 0.506. The monoisotopic (exact) mass is 566 g/mol. The van der Waals surface area contributed by atoms with Crippen molar-refractivity contribution in [1.82, 2.24) is 14.6 Å². The van der Waals surface area contributed by atoms with Gasteiger partial charge in [0.2, 0.25) is 15.8 Å². The van der Waals surface area contributed by atoms with Crippen LogP contribution < -0.4 is 4.72 Å². The van der Waals surface area contributed by atoms with Gasteiger partial charge >= 0.3 is 6.09 Å². The summed E-state index contributed by atoms with van der Waals surface area (Å²) in [5.74, 6) is -6.06. The van der Waals surface area contributed by atoms with Crippen LogP contribution in [0.4, 0.5) is 18.0 Å². The van der Waals surface area contributed by atoms with E-state index in [9.17, 15) is 18.0 Å². The van der Waals surface area contributed by atoms with E-state index in [1.54, 1.807) is 6.92 Å². The molecule has 1 aliphatic rings. The van der Waals surface area contributed by atoms with Gasteiger partial charge in [0.05, 0.1) is 23.9 Å². The number of nitriles is 1. The van der Waals surface area contributed by atoms with Crippen LogP contribution in [0.2, 0.25) is 0 Å². The molecule has 0 aliphatic carbocycles. The summed E-state index contributed by atoms with van der Waals surface area (Å²) in [7, 11) is -4.15. The Hall–Kier alpha value is -3.50. The normalized spacial score (nSPS) is 19.0. The zero-order chi connectivity index (χ0) is 29.3. The smallest absolute Gasteiger partial charge is 0.410 e. The number of hydrogen-bond donors (Lipinski definition) is 1. The maximum absolute atomic E-state index is 15.7. The number of sulfonamides is 1. The number of carbonyl (C=O) groups excluding carboxylic acids is 2. The first kappa shape index (κ1) is 30.0. The van der Waals surface area contributed by atoms with Gasteiger partial charge in [-0.2, -0.15) is 5.26 Å². The van der Waals surface area contributed by atoms with Crippen molar-refractivity contribution in [1.29, 1.82) is 5.26 Å². The summed E-state index contributed by atoms with van der Waals surface area (Å²) in [6, 6.07) is 4.87. The number of nitrogens with one attached hydrogen (secondary N) is 1. The third-order valence-electron chi connectivity index (χ3n) is 6.11. The number of alkyl halides is 2. The van der Waals surface area contributed by atoms with Crippen molar-refractivity contribution in [3.05, 3.63) is 64.2 Å². The number of carbonyl (C=O) groups is 2. The molecule has 2 heterocycles. The van der Waals surface area contributed by atoms with Crippen LogP contribution in [-0.4, -0.2) is 66.1 Å². The predicted molar refractivity (Wildman–Crippen MR) is 135 cm³/mol. The summed E-state index contributed by atoms with van der Waals surface area (Å²) in [5, 5.41) is 9.12. The Kier molecular flexibility index (Phi) is 8.43. The van der Waals surface area contributed by atoms with Crippen LogP contribution in [0.1, 0.15) is 60.6 Å². The molecule has 9 nitrogen and oxygen atoms in total. The first-order chi connectivity index (χ1) is 18.0. The highest BCUT2D eigenvalue weighted by molar-refractivity contribution is 7.89. The fraction of sp³-hybridized carbons (Fsp3) is 0.462. The maximum atomic E-state index is 15.7. The summed E-state index contributed by atoms with van der Waals surface area (Å²) < 4.78 is 77.8. The number of pyridine rings is 1. The van der Waals surface area contributed by atoms with Crippen molar-refractivity contribution in [2.45, 2.75) is 64.6 Å². The lowest BCUT2D eigenvalue weighted by Crippen LogP contribution is -2.53. The third kappa shape index (κ3) is 6.75. The average molecular weight is 567 g/mol. The minimum Gasteiger partial charge on any atom is -0.444 e. The number of hydrogen-bond acceptors (Lipinski definition) is 7. The van der Waals surface area contributed by atoms with Gasteiger partial charge in [0.15, 0.2) is 0 Å². The molecule has 1 fully saturated rings. The Morgan fingerprint density at radius 3 is 2.51 bits per heavy atom. The number of aryl methyl sites for hydroxylation is 1. The Morgan fingerprint density at radius 1 is 1.26 bits per heavy atom. The molecule has 210 valence electrons. The van der Waals surface area contributed by atoms with Gasteiger partial charge in [-0.1, -0.05) is 18.2 Å². The lowest BCUT2D eigenvalue weighted by Gasteiger charge is -2.30. The summed E-state index contributed by atoms with van der Waals surface area (Å²) in [5.41, 5.74) is -1.47. The van der Waals surface area contributed by atoms with Crippen LogP contribution >= 0.6 is 0 Å². The van der Waals surface area contributed by atoms with Crippen LogP contribution in [0.25, 0.3) is 0 Å². The van der Waals surface area contributed by atoms with Crippen LogP contribution in [0, 0.1) is 24.1 Å². The van der Waals surface area contributed by atoms with Crippen molar-refractivity contribution in [3.63, 3.8) is 0 Å². The molecular formula is C26H29F3N4O5S. The molecule has 1 saturated heterocycles. The molecule has 1 amide bonds. The Balaban J connectivity index is 2.06. The highest BCUT2D eigenvalue weighted by atomic mass is 32.2. The molecular weight excluding hydrogens is 537 g/mol. The van der Waals surface area contributed by atoms with E-state index >= 15 is 13.2 Å². The molecule has 13 heteroatoms. The van der Waals surface area contributed by atoms with Gasteiger partial charge in [-0.3, -0.25) is 9.69 Å². The van der Waals surface area contributed by atoms with E-state index in [4.69, 9.17) is 10.00 Å². The van der Waals surface area contributed by atoms with Crippen LogP contribution in [0.15, 0.2) is 30.3 Å². The minimum absolute atomic E-state index is 0.0484. The number of rotatable bonds is 7. The van der Waals surface area contributed by atoms with E-state index in [0.29, 0.717) is 10.5 Å². The van der Waals surface area contributed by atoms with Gasteiger partial charge < -0.3 is 4.74 Å². The molecule has 2 atom stereocenters. The van der Waals surface area contributed by atoms with Crippen molar-refractivity contribution in [3.8, 4) is 6.07 Å². The Labute approximate surface area is 225 Å². The van der Waals surface area contributed by atoms with Crippen LogP contribution in [0.5, 0.6) is 0 Å². The molecule has 0 spiro atoms. The number of aromatic nitrogens is 1. The van der Waals surface area contributed by atoms with E-state index < -0.39 is 75.6 Å². The van der Waals surface area contributed by atoms with Gasteiger partial charge in [-0.15, -0.1) is 0 Å². The fourth-order valence-corrected chi connectivity index (χ4v) is 5.06. The SMILES string of the molecule is CCS(=O)(=O)N[C@@H]1[C@H](Cc2cccc(C(=O)c3nc(C#N)ccc3C)c2F)N(C(=O)OC(C)(C)C)CC1(F)F. The highest BCUT2D eigenvalue weighted by Crippen LogP contribution is 2.36. The van der Waals surface area contributed by atoms with E-state index in [-0.39, 0.29) is 17.0 Å². The van der Waals surface area contributed by atoms with Gasteiger partial charge in [0.1, 0.15) is 34.9 Å². The number of nitrogens with zero attached hydrogens (tertiary/aromatic N) is 3. The van der Waals surface area contributed by atoms with Crippen LogP contribution in [0.3, 0.4) is 0 Å². The zero-order valence-electron chi connectivity index (χ0n) is 22.1. The second-order valence-electron chi connectivity index (χ2n) is 10.2. The van der Waals surface area contributed by atoms with Gasteiger partial charge in [-0.25, -0.2) is 36.1 Å². The highest BCUT2D eigenvalue weighted by Gasteiger charge is 2.58. The molecule has 2 aromatic rings. The van der Waals surface area contributed by atoms with E-state index in [1.165, 1.54) is 58.0 Å². The van der Waals surface area contributed by atoms with E-state index in [0.717, 1.165) is 0 Å². The molecule has 0 bridgehead atoms. The van der Waals surface area contributed by atoms with Crippen LogP contribution in [-0.2, 0) is 21.2 Å². The van der Waals surface area contributed by atoms with Gasteiger partial charge in [-0.05, 0) is 64.3 Å². The topological polar surface area (TPSA) is 129 Å². The first-order valence-corrected chi connectivity index (χ1v) is 13.7. The second kappa shape index (κ2) is 10.9. The number of likely N-dealkylation sites (tertiary alicyclic amines) is 1. The van der Waals surface area contributed by atoms with Crippen molar-refractivity contribution in [2.75, 3.05) is 12.3 Å². The van der Waals surface area contributed by atoms with E-state index in [2.05, 4.69) is 4.98 Å².